The zero-order valence-electron chi connectivity index (χ0n) is 12.7. The van der Waals surface area contributed by atoms with Crippen LogP contribution in [0.2, 0.25) is 5.02 Å². The summed E-state index contributed by atoms with van der Waals surface area (Å²) in [6.45, 7) is 2.95. The highest BCUT2D eigenvalue weighted by Crippen LogP contribution is 2.25. The molecule has 0 saturated carbocycles. The number of likely N-dealkylation sites (tertiary alicyclic amines) is 1. The Kier molecular flexibility index (Phi) is 7.15. The Morgan fingerprint density at radius 2 is 2.27 bits per heavy atom. The Labute approximate surface area is 145 Å². The summed E-state index contributed by atoms with van der Waals surface area (Å²) in [5.41, 5.74) is 6.54. The average Bonchev–Trinajstić information content (AvgIpc) is 2.49. The number of hydrogen-bond donors (Lipinski definition) is 2. The molecule has 1 heterocycles. The summed E-state index contributed by atoms with van der Waals surface area (Å²) in [6, 6.07) is 6.38. The highest BCUT2D eigenvalue weighted by molar-refractivity contribution is 9.10. The maximum absolute atomic E-state index is 11.6. The molecule has 2 rings (SSSR count). The number of rotatable bonds is 6. The number of halogens is 2. The number of hydrogen-bond acceptors (Lipinski definition) is 3. The first-order valence-corrected chi connectivity index (χ1v) is 8.92. The zero-order valence-corrected chi connectivity index (χ0v) is 15.0. The van der Waals surface area contributed by atoms with Crippen LogP contribution in [0, 0.1) is 0 Å². The Morgan fingerprint density at radius 1 is 1.45 bits per heavy atom. The smallest absolute Gasteiger partial charge is 0.221 e. The van der Waals surface area contributed by atoms with Crippen molar-refractivity contribution in [3.63, 3.8) is 0 Å². The number of carbonyl (C=O) groups excluding carboxylic acids is 1. The fourth-order valence-electron chi connectivity index (χ4n) is 2.82. The standard InChI is InChI=1S/C16H23BrClN3O/c17-13-5-4-12(15(18)9-13)11-21-8-2-1-3-14(21)10-20-16(22)6-7-19/h4-5,9,14H,1-3,6-8,10-11,19H2,(H,20,22). The van der Waals surface area contributed by atoms with E-state index in [9.17, 15) is 4.79 Å². The molecule has 1 unspecified atom stereocenters. The highest BCUT2D eigenvalue weighted by atomic mass is 79.9. The van der Waals surface area contributed by atoms with Gasteiger partial charge in [0.1, 0.15) is 0 Å². The Bertz CT molecular complexity index is 512. The first-order valence-electron chi connectivity index (χ1n) is 7.75. The van der Waals surface area contributed by atoms with E-state index in [2.05, 4.69) is 32.2 Å². The molecule has 1 aromatic carbocycles. The first-order chi connectivity index (χ1) is 10.6. The quantitative estimate of drug-likeness (QED) is 0.788. The largest absolute Gasteiger partial charge is 0.354 e. The van der Waals surface area contributed by atoms with E-state index in [0.29, 0.717) is 25.6 Å². The molecule has 0 bridgehead atoms. The van der Waals surface area contributed by atoms with Gasteiger partial charge in [0.25, 0.3) is 0 Å². The molecule has 1 fully saturated rings. The predicted molar refractivity (Wildman–Crippen MR) is 93.9 cm³/mol. The Balaban J connectivity index is 1.95. The van der Waals surface area contributed by atoms with E-state index >= 15 is 0 Å². The molecule has 1 amide bonds. The summed E-state index contributed by atoms with van der Waals surface area (Å²) < 4.78 is 0.991. The lowest BCUT2D eigenvalue weighted by Gasteiger charge is -2.36. The van der Waals surface area contributed by atoms with E-state index in [1.165, 1.54) is 12.8 Å². The van der Waals surface area contributed by atoms with Crippen molar-refractivity contribution in [2.75, 3.05) is 19.6 Å². The van der Waals surface area contributed by atoms with Gasteiger partial charge in [0.15, 0.2) is 0 Å². The van der Waals surface area contributed by atoms with Crippen LogP contribution in [0.4, 0.5) is 0 Å². The van der Waals surface area contributed by atoms with Crippen molar-refractivity contribution in [2.24, 2.45) is 5.73 Å². The fraction of sp³-hybridized carbons (Fsp3) is 0.562. The number of amides is 1. The van der Waals surface area contributed by atoms with E-state index in [-0.39, 0.29) is 5.91 Å². The van der Waals surface area contributed by atoms with Crippen LogP contribution < -0.4 is 11.1 Å². The van der Waals surface area contributed by atoms with Gasteiger partial charge in [-0.05, 0) is 37.1 Å². The summed E-state index contributed by atoms with van der Waals surface area (Å²) in [7, 11) is 0. The molecule has 1 aliphatic heterocycles. The number of nitrogens with zero attached hydrogens (tertiary/aromatic N) is 1. The summed E-state index contributed by atoms with van der Waals surface area (Å²) in [5, 5.41) is 3.77. The van der Waals surface area contributed by atoms with E-state index in [1.807, 2.05) is 12.1 Å². The third-order valence-electron chi connectivity index (χ3n) is 4.04. The molecule has 0 aliphatic carbocycles. The SMILES string of the molecule is NCCC(=O)NCC1CCCCN1Cc1ccc(Br)cc1Cl. The van der Waals surface area contributed by atoms with Crippen molar-refractivity contribution >= 4 is 33.4 Å². The zero-order chi connectivity index (χ0) is 15.9. The summed E-state index contributed by atoms with van der Waals surface area (Å²) in [6.07, 6.45) is 3.91. The minimum absolute atomic E-state index is 0.0368. The fourth-order valence-corrected chi connectivity index (χ4v) is 3.55. The Hall–Kier alpha value is -0.620. The summed E-state index contributed by atoms with van der Waals surface area (Å²) in [4.78, 5) is 14.0. The van der Waals surface area contributed by atoms with Crippen molar-refractivity contribution in [1.29, 1.82) is 0 Å². The number of benzene rings is 1. The molecule has 122 valence electrons. The normalized spacial score (nSPS) is 19.1. The van der Waals surface area contributed by atoms with Gasteiger partial charge in [-0.2, -0.15) is 0 Å². The molecule has 1 atom stereocenters. The third kappa shape index (κ3) is 5.23. The molecule has 0 radical (unpaired) electrons. The van der Waals surface area contributed by atoms with Crippen LogP contribution in [0.3, 0.4) is 0 Å². The number of piperidine rings is 1. The lowest BCUT2D eigenvalue weighted by atomic mass is 10.0. The summed E-state index contributed by atoms with van der Waals surface area (Å²) in [5.74, 6) is 0.0368. The molecular formula is C16H23BrClN3O. The second kappa shape index (κ2) is 8.87. The van der Waals surface area contributed by atoms with Crippen molar-refractivity contribution in [1.82, 2.24) is 10.2 Å². The van der Waals surface area contributed by atoms with Crippen molar-refractivity contribution in [3.8, 4) is 0 Å². The number of carbonyl (C=O) groups is 1. The van der Waals surface area contributed by atoms with Crippen LogP contribution in [0.25, 0.3) is 0 Å². The molecule has 3 N–H and O–H groups in total. The van der Waals surface area contributed by atoms with E-state index in [1.54, 1.807) is 0 Å². The minimum Gasteiger partial charge on any atom is -0.354 e. The van der Waals surface area contributed by atoms with Crippen LogP contribution in [-0.4, -0.2) is 36.5 Å². The van der Waals surface area contributed by atoms with Crippen molar-refractivity contribution in [3.05, 3.63) is 33.3 Å². The van der Waals surface area contributed by atoms with Crippen LogP contribution >= 0.6 is 27.5 Å². The second-order valence-corrected chi connectivity index (χ2v) is 7.02. The van der Waals surface area contributed by atoms with Crippen molar-refractivity contribution in [2.45, 2.75) is 38.3 Å². The van der Waals surface area contributed by atoms with Gasteiger partial charge in [-0.1, -0.05) is 40.0 Å². The van der Waals surface area contributed by atoms with E-state index < -0.39 is 0 Å². The van der Waals surface area contributed by atoms with Gasteiger partial charge in [0.2, 0.25) is 5.91 Å². The lowest BCUT2D eigenvalue weighted by Crippen LogP contribution is -2.46. The molecule has 1 aromatic rings. The van der Waals surface area contributed by atoms with E-state index in [0.717, 1.165) is 34.6 Å². The van der Waals surface area contributed by atoms with Crippen molar-refractivity contribution < 1.29 is 4.79 Å². The number of nitrogens with two attached hydrogens (primary N) is 1. The second-order valence-electron chi connectivity index (χ2n) is 5.70. The maximum atomic E-state index is 11.6. The highest BCUT2D eigenvalue weighted by Gasteiger charge is 2.23. The molecule has 22 heavy (non-hydrogen) atoms. The molecule has 6 heteroatoms. The minimum atomic E-state index is 0.0368. The van der Waals surface area contributed by atoms with Gasteiger partial charge in [0, 0.05) is 41.6 Å². The van der Waals surface area contributed by atoms with Crippen LogP contribution in [0.1, 0.15) is 31.2 Å². The molecule has 0 aromatic heterocycles. The maximum Gasteiger partial charge on any atom is 0.221 e. The molecule has 0 spiro atoms. The summed E-state index contributed by atoms with van der Waals surface area (Å²) >= 11 is 9.76. The van der Waals surface area contributed by atoms with Gasteiger partial charge >= 0.3 is 0 Å². The van der Waals surface area contributed by atoms with Gasteiger partial charge in [-0.25, -0.2) is 0 Å². The third-order valence-corrected chi connectivity index (χ3v) is 4.89. The molecule has 4 nitrogen and oxygen atoms in total. The lowest BCUT2D eigenvalue weighted by molar-refractivity contribution is -0.121. The Morgan fingerprint density at radius 3 is 3.00 bits per heavy atom. The first kappa shape index (κ1) is 17.7. The monoisotopic (exact) mass is 387 g/mol. The van der Waals surface area contributed by atoms with Crippen LogP contribution in [0.5, 0.6) is 0 Å². The molecular weight excluding hydrogens is 366 g/mol. The molecule has 1 saturated heterocycles. The van der Waals surface area contributed by atoms with Crippen LogP contribution in [0.15, 0.2) is 22.7 Å². The van der Waals surface area contributed by atoms with Gasteiger partial charge in [-0.15, -0.1) is 0 Å². The molecule has 1 aliphatic rings. The topological polar surface area (TPSA) is 58.4 Å². The van der Waals surface area contributed by atoms with Crippen LogP contribution in [-0.2, 0) is 11.3 Å². The van der Waals surface area contributed by atoms with Gasteiger partial charge in [-0.3, -0.25) is 9.69 Å². The average molecular weight is 389 g/mol. The van der Waals surface area contributed by atoms with Gasteiger partial charge in [0.05, 0.1) is 0 Å². The van der Waals surface area contributed by atoms with Gasteiger partial charge < -0.3 is 11.1 Å². The number of nitrogens with one attached hydrogen (secondary N) is 1. The van der Waals surface area contributed by atoms with E-state index in [4.69, 9.17) is 17.3 Å². The predicted octanol–water partition coefficient (Wildman–Crippen LogP) is 2.92.